The second kappa shape index (κ2) is 3.19. The van der Waals surface area contributed by atoms with Gasteiger partial charge in [-0.25, -0.2) is 0 Å². The molecule has 1 N–H and O–H groups in total. The van der Waals surface area contributed by atoms with E-state index >= 15 is 0 Å². The summed E-state index contributed by atoms with van der Waals surface area (Å²) in [5, 5.41) is 4.20. The van der Waals surface area contributed by atoms with Crippen LogP contribution in [-0.4, -0.2) is 32.5 Å². The van der Waals surface area contributed by atoms with Crippen LogP contribution in [0.4, 0.5) is 0 Å². The van der Waals surface area contributed by atoms with Crippen molar-refractivity contribution in [3.63, 3.8) is 0 Å². The Morgan fingerprint density at radius 2 is 2.24 bits per heavy atom. The van der Waals surface area contributed by atoms with E-state index in [4.69, 9.17) is 0 Å². The van der Waals surface area contributed by atoms with Gasteiger partial charge >= 0.3 is 0 Å². The molecule has 0 radical (unpaired) electrons. The molecular weight excluding hydrogens is 220 g/mol. The third-order valence-corrected chi connectivity index (χ3v) is 3.08. The predicted molar refractivity (Wildman–Crippen MR) is 61.0 cm³/mol. The van der Waals surface area contributed by atoms with Crippen molar-refractivity contribution in [2.24, 2.45) is 0 Å². The number of rotatable bonds is 1. The van der Waals surface area contributed by atoms with Gasteiger partial charge in [-0.2, -0.15) is 9.61 Å². The number of fused-ring (bicyclic) bond motifs is 2. The smallest absolute Gasteiger partial charge is 0.280 e. The molecule has 0 spiro atoms. The monoisotopic (exact) mass is 232 g/mol. The van der Waals surface area contributed by atoms with Crippen LogP contribution in [0, 0.1) is 0 Å². The van der Waals surface area contributed by atoms with Gasteiger partial charge in [-0.05, 0) is 6.42 Å². The SMILES string of the molecule is CCc1cc2[nH]c3c(c(=O)n2n1)CN(C)C3=O. The Kier molecular flexibility index (Phi) is 1.89. The van der Waals surface area contributed by atoms with E-state index in [1.807, 2.05) is 6.92 Å². The molecule has 3 rings (SSSR count). The van der Waals surface area contributed by atoms with Gasteiger partial charge < -0.3 is 9.88 Å². The third-order valence-electron chi connectivity index (χ3n) is 3.08. The van der Waals surface area contributed by atoms with Crippen LogP contribution in [0.5, 0.6) is 0 Å². The van der Waals surface area contributed by atoms with E-state index in [9.17, 15) is 9.59 Å². The lowest BCUT2D eigenvalue weighted by Crippen LogP contribution is -2.20. The predicted octanol–water partition coefficient (Wildman–Crippen LogP) is 0.171. The van der Waals surface area contributed by atoms with E-state index < -0.39 is 0 Å². The number of aromatic amines is 1. The Hall–Kier alpha value is -2.11. The van der Waals surface area contributed by atoms with Gasteiger partial charge in [-0.3, -0.25) is 9.59 Å². The van der Waals surface area contributed by atoms with Crippen molar-refractivity contribution in [1.29, 1.82) is 0 Å². The van der Waals surface area contributed by atoms with Crippen LogP contribution in [0.2, 0.25) is 0 Å². The van der Waals surface area contributed by atoms with Crippen LogP contribution >= 0.6 is 0 Å². The van der Waals surface area contributed by atoms with E-state index in [2.05, 4.69) is 10.1 Å². The first-order valence-corrected chi connectivity index (χ1v) is 5.51. The van der Waals surface area contributed by atoms with E-state index in [0.29, 0.717) is 23.4 Å². The second-order valence-corrected chi connectivity index (χ2v) is 4.23. The van der Waals surface area contributed by atoms with Crippen molar-refractivity contribution in [2.75, 3.05) is 7.05 Å². The summed E-state index contributed by atoms with van der Waals surface area (Å²) in [4.78, 5) is 28.4. The van der Waals surface area contributed by atoms with Crippen molar-refractivity contribution >= 4 is 11.6 Å². The summed E-state index contributed by atoms with van der Waals surface area (Å²) in [7, 11) is 1.68. The summed E-state index contributed by atoms with van der Waals surface area (Å²) in [6.45, 7) is 2.32. The topological polar surface area (TPSA) is 70.5 Å². The van der Waals surface area contributed by atoms with Crippen molar-refractivity contribution in [3.8, 4) is 0 Å². The van der Waals surface area contributed by atoms with Gasteiger partial charge in [0.1, 0.15) is 11.3 Å². The Labute approximate surface area is 96.9 Å². The average Bonchev–Trinajstić information content (AvgIpc) is 2.85. The first kappa shape index (κ1) is 10.1. The minimum Gasteiger partial charge on any atom is -0.336 e. The lowest BCUT2D eigenvalue weighted by Gasteiger charge is -2.03. The van der Waals surface area contributed by atoms with E-state index in [-0.39, 0.29) is 11.5 Å². The van der Waals surface area contributed by atoms with E-state index in [0.717, 1.165) is 12.1 Å². The molecule has 2 aromatic heterocycles. The fourth-order valence-corrected chi connectivity index (χ4v) is 2.11. The van der Waals surface area contributed by atoms with Gasteiger partial charge in [0.15, 0.2) is 0 Å². The van der Waals surface area contributed by atoms with Crippen LogP contribution in [0.3, 0.4) is 0 Å². The van der Waals surface area contributed by atoms with Gasteiger partial charge in [0.2, 0.25) is 0 Å². The largest absolute Gasteiger partial charge is 0.336 e. The molecule has 1 aliphatic heterocycles. The summed E-state index contributed by atoms with van der Waals surface area (Å²) in [6, 6.07) is 1.80. The number of aryl methyl sites for hydroxylation is 1. The standard InChI is InChI=1S/C11H12N4O2/c1-3-6-4-8-12-9-7(5-14(2)11(9)17)10(16)15(8)13-6/h4,12H,3,5H2,1-2H3. The average molecular weight is 232 g/mol. The van der Waals surface area contributed by atoms with Crippen LogP contribution < -0.4 is 5.56 Å². The van der Waals surface area contributed by atoms with Crippen LogP contribution in [0.1, 0.15) is 28.7 Å². The highest BCUT2D eigenvalue weighted by Crippen LogP contribution is 2.17. The second-order valence-electron chi connectivity index (χ2n) is 4.23. The molecule has 0 unspecified atom stereocenters. The van der Waals surface area contributed by atoms with Gasteiger partial charge in [-0.1, -0.05) is 6.92 Å². The molecule has 0 aliphatic carbocycles. The number of hydrogen-bond donors (Lipinski definition) is 1. The highest BCUT2D eigenvalue weighted by molar-refractivity contribution is 5.96. The zero-order valence-electron chi connectivity index (χ0n) is 9.65. The maximum absolute atomic E-state index is 12.1. The zero-order valence-corrected chi connectivity index (χ0v) is 9.65. The third kappa shape index (κ3) is 1.23. The molecule has 0 fully saturated rings. The van der Waals surface area contributed by atoms with Crippen LogP contribution in [-0.2, 0) is 13.0 Å². The molecule has 6 heteroatoms. The number of nitrogens with one attached hydrogen (secondary N) is 1. The fourth-order valence-electron chi connectivity index (χ4n) is 2.11. The van der Waals surface area contributed by atoms with Crippen molar-refractivity contribution < 1.29 is 4.79 Å². The van der Waals surface area contributed by atoms with Gasteiger partial charge in [-0.15, -0.1) is 0 Å². The molecule has 0 bridgehead atoms. The Morgan fingerprint density at radius 3 is 2.94 bits per heavy atom. The molecule has 0 aromatic carbocycles. The molecule has 0 saturated carbocycles. The molecule has 0 atom stereocenters. The number of H-pyrrole nitrogens is 1. The quantitative estimate of drug-likeness (QED) is 0.762. The fraction of sp³-hybridized carbons (Fsp3) is 0.364. The highest BCUT2D eigenvalue weighted by atomic mass is 16.2. The molecular formula is C11H12N4O2. The molecule has 1 aliphatic rings. The Morgan fingerprint density at radius 1 is 1.47 bits per heavy atom. The molecule has 3 heterocycles. The lowest BCUT2D eigenvalue weighted by molar-refractivity contribution is 0.0812. The molecule has 17 heavy (non-hydrogen) atoms. The number of carbonyl (C=O) groups excluding carboxylic acids is 1. The first-order valence-electron chi connectivity index (χ1n) is 5.51. The zero-order chi connectivity index (χ0) is 12.2. The summed E-state index contributed by atoms with van der Waals surface area (Å²) >= 11 is 0. The van der Waals surface area contributed by atoms with E-state index in [1.54, 1.807) is 13.1 Å². The maximum Gasteiger partial charge on any atom is 0.280 e. The summed E-state index contributed by atoms with van der Waals surface area (Å²) in [6.07, 6.45) is 0.757. The molecule has 88 valence electrons. The Bertz CT molecular complexity index is 683. The number of aromatic nitrogens is 3. The minimum absolute atomic E-state index is 0.140. The molecule has 6 nitrogen and oxygen atoms in total. The van der Waals surface area contributed by atoms with Crippen molar-refractivity contribution in [2.45, 2.75) is 19.9 Å². The number of nitrogens with zero attached hydrogens (tertiary/aromatic N) is 3. The summed E-state index contributed by atoms with van der Waals surface area (Å²) in [5.41, 5.74) is 2.10. The maximum atomic E-state index is 12.1. The number of hydrogen-bond acceptors (Lipinski definition) is 3. The minimum atomic E-state index is -0.203. The number of amides is 1. The van der Waals surface area contributed by atoms with Gasteiger partial charge in [0.05, 0.1) is 17.8 Å². The first-order chi connectivity index (χ1) is 8.11. The summed E-state index contributed by atoms with van der Waals surface area (Å²) < 4.78 is 1.34. The van der Waals surface area contributed by atoms with Crippen LogP contribution in [0.25, 0.3) is 5.65 Å². The molecule has 2 aromatic rings. The lowest BCUT2D eigenvalue weighted by atomic mass is 10.2. The highest BCUT2D eigenvalue weighted by Gasteiger charge is 2.29. The normalized spacial score (nSPS) is 14.7. The number of carbonyl (C=O) groups is 1. The molecule has 0 saturated heterocycles. The van der Waals surface area contributed by atoms with Crippen molar-refractivity contribution in [3.05, 3.63) is 33.4 Å². The van der Waals surface area contributed by atoms with Crippen molar-refractivity contribution in [1.82, 2.24) is 19.5 Å². The van der Waals surface area contributed by atoms with Gasteiger partial charge in [0, 0.05) is 13.1 Å². The van der Waals surface area contributed by atoms with E-state index in [1.165, 1.54) is 9.42 Å². The summed E-state index contributed by atoms with van der Waals surface area (Å²) in [5.74, 6) is -0.140. The Balaban J connectivity index is 2.36. The van der Waals surface area contributed by atoms with Gasteiger partial charge in [0.25, 0.3) is 11.5 Å². The molecule has 1 amide bonds. The van der Waals surface area contributed by atoms with Crippen LogP contribution in [0.15, 0.2) is 10.9 Å².